The molecule has 0 fully saturated rings. The second-order valence-electron chi connectivity index (χ2n) is 5.15. The molecule has 2 rings (SSSR count). The number of hydrogen-bond acceptors (Lipinski definition) is 4. The molecule has 0 aliphatic carbocycles. The molecule has 2 aromatic rings. The van der Waals surface area contributed by atoms with Crippen molar-refractivity contribution in [3.05, 3.63) is 70.2 Å². The fourth-order valence-electron chi connectivity index (χ4n) is 2.04. The zero-order valence-corrected chi connectivity index (χ0v) is 15.1. The Kier molecular flexibility index (Phi) is 6.65. The fourth-order valence-corrected chi connectivity index (χ4v) is 2.46. The summed E-state index contributed by atoms with van der Waals surface area (Å²) < 4.78 is 5.79. The quantitative estimate of drug-likeness (QED) is 0.453. The zero-order chi connectivity index (χ0) is 18.2. The van der Waals surface area contributed by atoms with Crippen LogP contribution in [-0.2, 0) is 14.3 Å². The molecule has 1 amide bonds. The molecule has 0 aromatic heterocycles. The van der Waals surface area contributed by atoms with Crippen LogP contribution in [0, 0.1) is 0 Å². The largest absolute Gasteiger partial charge is 0.452 e. The van der Waals surface area contributed by atoms with Crippen molar-refractivity contribution in [1.29, 1.82) is 0 Å². The number of nitrogens with one attached hydrogen (secondary N) is 1. The smallest absolute Gasteiger partial charge is 0.331 e. The second kappa shape index (κ2) is 8.94. The van der Waals surface area contributed by atoms with Gasteiger partial charge < -0.3 is 10.1 Å². The molecule has 0 spiro atoms. The molecule has 2 aromatic carbocycles. The lowest BCUT2D eigenvalue weighted by atomic mass is 10.1. The first-order chi connectivity index (χ1) is 12.0. The molecule has 0 saturated carbocycles. The number of hydrogen-bond donors (Lipinski definition) is 1. The number of Topliss-reactive ketones (excluding diaryl/α,β-unsaturated/α-hetero) is 1. The van der Waals surface area contributed by atoms with Gasteiger partial charge in [-0.3, -0.25) is 9.59 Å². The SMILES string of the molecule is CC(=O)c1ccccc1NC(=O)COC(=O)C=Cc1cccc(Br)c1. The maximum absolute atomic E-state index is 11.9. The third kappa shape index (κ3) is 6.00. The Hall–Kier alpha value is -2.73. The van der Waals surface area contributed by atoms with E-state index in [-0.39, 0.29) is 5.78 Å². The number of para-hydroxylation sites is 1. The summed E-state index contributed by atoms with van der Waals surface area (Å²) in [6.45, 7) is 0.978. The van der Waals surface area contributed by atoms with Crippen LogP contribution in [-0.4, -0.2) is 24.3 Å². The van der Waals surface area contributed by atoms with E-state index in [0.29, 0.717) is 11.3 Å². The highest BCUT2D eigenvalue weighted by Crippen LogP contribution is 2.15. The number of halogens is 1. The standard InChI is InChI=1S/C19H16BrNO4/c1-13(22)16-7-2-3-8-17(16)21-18(23)12-25-19(24)10-9-14-5-4-6-15(20)11-14/h2-11H,12H2,1H3,(H,21,23). The first-order valence-corrected chi connectivity index (χ1v) is 8.25. The van der Waals surface area contributed by atoms with E-state index in [2.05, 4.69) is 21.2 Å². The molecular weight excluding hydrogens is 386 g/mol. The van der Waals surface area contributed by atoms with Gasteiger partial charge in [-0.2, -0.15) is 0 Å². The molecule has 0 radical (unpaired) electrons. The van der Waals surface area contributed by atoms with E-state index in [1.807, 2.05) is 24.3 Å². The number of benzene rings is 2. The van der Waals surface area contributed by atoms with Gasteiger partial charge in [-0.05, 0) is 42.8 Å². The van der Waals surface area contributed by atoms with Crippen molar-refractivity contribution in [1.82, 2.24) is 0 Å². The molecule has 0 aliphatic rings. The highest BCUT2D eigenvalue weighted by molar-refractivity contribution is 9.10. The molecule has 0 bridgehead atoms. The fraction of sp³-hybridized carbons (Fsp3) is 0.105. The van der Waals surface area contributed by atoms with Crippen molar-refractivity contribution >= 4 is 45.4 Å². The topological polar surface area (TPSA) is 72.5 Å². The number of amides is 1. The van der Waals surface area contributed by atoms with E-state index >= 15 is 0 Å². The molecule has 6 heteroatoms. The highest BCUT2D eigenvalue weighted by atomic mass is 79.9. The summed E-state index contributed by atoms with van der Waals surface area (Å²) in [6.07, 6.45) is 2.84. The van der Waals surface area contributed by atoms with Crippen molar-refractivity contribution in [2.45, 2.75) is 6.92 Å². The minimum absolute atomic E-state index is 0.162. The number of ether oxygens (including phenoxy) is 1. The van der Waals surface area contributed by atoms with Crippen LogP contribution in [0.3, 0.4) is 0 Å². The van der Waals surface area contributed by atoms with Gasteiger partial charge in [-0.1, -0.05) is 40.2 Å². The predicted molar refractivity (Wildman–Crippen MR) is 99.2 cm³/mol. The summed E-state index contributed by atoms with van der Waals surface area (Å²) in [7, 11) is 0. The first-order valence-electron chi connectivity index (χ1n) is 7.46. The maximum atomic E-state index is 11.9. The van der Waals surface area contributed by atoms with E-state index in [1.165, 1.54) is 13.0 Å². The minimum Gasteiger partial charge on any atom is -0.452 e. The van der Waals surface area contributed by atoms with Gasteiger partial charge in [0.2, 0.25) is 0 Å². The van der Waals surface area contributed by atoms with Gasteiger partial charge in [-0.15, -0.1) is 0 Å². The molecule has 0 unspecified atom stereocenters. The van der Waals surface area contributed by atoms with Crippen LogP contribution in [0.5, 0.6) is 0 Å². The number of carbonyl (C=O) groups is 3. The first kappa shape index (κ1) is 18.6. The van der Waals surface area contributed by atoms with Crippen molar-refractivity contribution in [2.75, 3.05) is 11.9 Å². The van der Waals surface area contributed by atoms with Crippen LogP contribution >= 0.6 is 15.9 Å². The Morgan fingerprint density at radius 2 is 1.88 bits per heavy atom. The summed E-state index contributed by atoms with van der Waals surface area (Å²) in [6, 6.07) is 14.0. The molecule has 5 nitrogen and oxygen atoms in total. The van der Waals surface area contributed by atoms with E-state index < -0.39 is 18.5 Å². The Morgan fingerprint density at radius 3 is 2.60 bits per heavy atom. The molecule has 0 saturated heterocycles. The zero-order valence-electron chi connectivity index (χ0n) is 13.5. The van der Waals surface area contributed by atoms with Crippen LogP contribution in [0.2, 0.25) is 0 Å². The predicted octanol–water partition coefficient (Wildman–Crippen LogP) is 3.85. The maximum Gasteiger partial charge on any atom is 0.331 e. The Morgan fingerprint density at radius 1 is 1.12 bits per heavy atom. The van der Waals surface area contributed by atoms with Crippen molar-refractivity contribution < 1.29 is 19.1 Å². The highest BCUT2D eigenvalue weighted by Gasteiger charge is 2.10. The molecule has 0 atom stereocenters. The molecular formula is C19H16BrNO4. The summed E-state index contributed by atoms with van der Waals surface area (Å²) in [5.74, 6) is -1.31. The Balaban J connectivity index is 1.88. The van der Waals surface area contributed by atoms with Crippen LogP contribution in [0.1, 0.15) is 22.8 Å². The molecule has 25 heavy (non-hydrogen) atoms. The number of anilines is 1. The average molecular weight is 402 g/mol. The lowest BCUT2D eigenvalue weighted by Crippen LogP contribution is -2.21. The van der Waals surface area contributed by atoms with E-state index in [0.717, 1.165) is 10.0 Å². The van der Waals surface area contributed by atoms with Gasteiger partial charge in [-0.25, -0.2) is 4.79 Å². The van der Waals surface area contributed by atoms with Gasteiger partial charge in [0.15, 0.2) is 12.4 Å². The van der Waals surface area contributed by atoms with Crippen molar-refractivity contribution in [3.8, 4) is 0 Å². The normalized spacial score (nSPS) is 10.5. The van der Waals surface area contributed by atoms with Crippen LogP contribution in [0.4, 0.5) is 5.69 Å². The minimum atomic E-state index is -0.630. The van der Waals surface area contributed by atoms with Gasteiger partial charge >= 0.3 is 5.97 Å². The average Bonchev–Trinajstić information content (AvgIpc) is 2.58. The number of rotatable bonds is 6. The third-order valence-corrected chi connectivity index (χ3v) is 3.68. The van der Waals surface area contributed by atoms with Crippen LogP contribution in [0.25, 0.3) is 6.08 Å². The van der Waals surface area contributed by atoms with E-state index in [9.17, 15) is 14.4 Å². The molecule has 1 N–H and O–H groups in total. The lowest BCUT2D eigenvalue weighted by molar-refractivity contribution is -0.142. The Bertz CT molecular complexity index is 830. The van der Waals surface area contributed by atoms with Gasteiger partial charge in [0.1, 0.15) is 0 Å². The monoisotopic (exact) mass is 401 g/mol. The van der Waals surface area contributed by atoms with Crippen LogP contribution in [0.15, 0.2) is 59.1 Å². The molecule has 0 aliphatic heterocycles. The molecule has 0 heterocycles. The van der Waals surface area contributed by atoms with Crippen molar-refractivity contribution in [2.24, 2.45) is 0 Å². The molecule has 128 valence electrons. The number of ketones is 1. The summed E-state index contributed by atoms with van der Waals surface area (Å²) in [4.78, 5) is 35.1. The lowest BCUT2D eigenvalue weighted by Gasteiger charge is -2.08. The number of esters is 1. The van der Waals surface area contributed by atoms with Crippen LogP contribution < -0.4 is 5.32 Å². The van der Waals surface area contributed by atoms with Gasteiger partial charge in [0, 0.05) is 16.1 Å². The van der Waals surface area contributed by atoms with Gasteiger partial charge in [0.25, 0.3) is 5.91 Å². The summed E-state index contributed by atoms with van der Waals surface area (Å²) in [5.41, 5.74) is 1.61. The summed E-state index contributed by atoms with van der Waals surface area (Å²) >= 11 is 3.34. The second-order valence-corrected chi connectivity index (χ2v) is 6.06. The van der Waals surface area contributed by atoms with Gasteiger partial charge in [0.05, 0.1) is 5.69 Å². The Labute approximate surface area is 153 Å². The third-order valence-electron chi connectivity index (χ3n) is 3.19. The number of carbonyl (C=O) groups excluding carboxylic acids is 3. The summed E-state index contributed by atoms with van der Waals surface area (Å²) in [5, 5.41) is 2.56. The van der Waals surface area contributed by atoms with E-state index in [1.54, 1.807) is 30.3 Å². The van der Waals surface area contributed by atoms with Crippen molar-refractivity contribution in [3.63, 3.8) is 0 Å². The van der Waals surface area contributed by atoms with E-state index in [4.69, 9.17) is 4.74 Å².